The largest absolute Gasteiger partial charge is 0.475 e. The molecule has 11 heteroatoms. The Morgan fingerprint density at radius 2 is 0.772 bits per heavy atom. The van der Waals surface area contributed by atoms with E-state index in [1.54, 1.807) is 0 Å². The first-order valence-corrected chi connectivity index (χ1v) is 25.4. The summed E-state index contributed by atoms with van der Waals surface area (Å²) >= 11 is 0. The fraction of sp³-hybridized carbons (Fsp3) is 0.935. The van der Waals surface area contributed by atoms with Gasteiger partial charge in [-0.1, -0.05) is 175 Å². The van der Waals surface area contributed by atoms with E-state index in [1.165, 1.54) is 128 Å². The topological polar surface area (TPSA) is 124 Å². The van der Waals surface area contributed by atoms with Crippen LogP contribution in [0.15, 0.2) is 0 Å². The zero-order valence-corrected chi connectivity index (χ0v) is 37.9. The maximum absolute atomic E-state index is 12.7. The average molecular weight is 831 g/mol. The van der Waals surface area contributed by atoms with Gasteiger partial charge in [0, 0.05) is 19.3 Å². The van der Waals surface area contributed by atoms with Crippen molar-refractivity contribution < 1.29 is 46.7 Å². The van der Waals surface area contributed by atoms with Crippen molar-refractivity contribution >= 4 is 25.7 Å². The molecule has 0 aromatic rings. The third-order valence-corrected chi connectivity index (χ3v) is 12.2. The molecule has 0 saturated carbocycles. The fourth-order valence-electron chi connectivity index (χ4n) is 7.19. The second-order valence-corrected chi connectivity index (χ2v) is 18.0. The zero-order valence-electron chi connectivity index (χ0n) is 37.1. The van der Waals surface area contributed by atoms with Gasteiger partial charge in [-0.3, -0.25) is 28.0 Å². The normalized spacial score (nSPS) is 14.2. The summed E-state index contributed by atoms with van der Waals surface area (Å²) in [6, 6.07) is 0. The Morgan fingerprint density at radius 1 is 0.439 bits per heavy atom. The number of unbranched alkanes of at least 4 members (excludes halogenated alkanes) is 25. The van der Waals surface area contributed by atoms with Crippen molar-refractivity contribution in [3.8, 4) is 0 Å². The molecule has 1 aliphatic rings. The second kappa shape index (κ2) is 38.7. The average Bonchev–Trinajstić information content (AvgIpc) is 3.64. The third-order valence-electron chi connectivity index (χ3n) is 10.8. The third kappa shape index (κ3) is 34.0. The highest BCUT2D eigenvalue weighted by molar-refractivity contribution is 7.48. The molecule has 0 aromatic carbocycles. The monoisotopic (exact) mass is 831 g/mol. The van der Waals surface area contributed by atoms with Gasteiger partial charge in [0.05, 0.1) is 19.8 Å². The van der Waals surface area contributed by atoms with Crippen LogP contribution in [-0.4, -0.2) is 56.5 Å². The number of rotatable bonds is 42. The van der Waals surface area contributed by atoms with Crippen LogP contribution in [0.3, 0.4) is 0 Å². The lowest BCUT2D eigenvalue weighted by Crippen LogP contribution is -2.29. The van der Waals surface area contributed by atoms with Gasteiger partial charge in [-0.2, -0.15) is 0 Å². The second-order valence-electron chi connectivity index (χ2n) is 16.3. The van der Waals surface area contributed by atoms with E-state index in [9.17, 15) is 18.9 Å². The van der Waals surface area contributed by atoms with E-state index in [0.29, 0.717) is 19.3 Å². The SMILES string of the molecule is CCCCCCCCCCCCCCCC(=O)OC[C@H](COP1(=O)OCCO1)OC(=O)CCCCCCC(=O)OC(CCCCCCCC)CCCCCCCC. The van der Waals surface area contributed by atoms with E-state index in [2.05, 4.69) is 20.8 Å². The summed E-state index contributed by atoms with van der Waals surface area (Å²) in [5, 5.41) is 0. The molecule has 0 radical (unpaired) electrons. The van der Waals surface area contributed by atoms with Gasteiger partial charge < -0.3 is 14.2 Å². The van der Waals surface area contributed by atoms with Crippen LogP contribution in [0.1, 0.15) is 239 Å². The van der Waals surface area contributed by atoms with Crippen molar-refractivity contribution in [2.24, 2.45) is 0 Å². The van der Waals surface area contributed by atoms with Crippen LogP contribution in [0.2, 0.25) is 0 Å². The molecule has 57 heavy (non-hydrogen) atoms. The van der Waals surface area contributed by atoms with Gasteiger partial charge in [0.2, 0.25) is 0 Å². The first-order valence-electron chi connectivity index (χ1n) is 23.9. The minimum absolute atomic E-state index is 0.0189. The van der Waals surface area contributed by atoms with Crippen molar-refractivity contribution in [2.45, 2.75) is 251 Å². The van der Waals surface area contributed by atoms with Crippen molar-refractivity contribution in [1.82, 2.24) is 0 Å². The summed E-state index contributed by atoms with van der Waals surface area (Å²) in [5.74, 6) is -0.917. The van der Waals surface area contributed by atoms with Gasteiger partial charge in [-0.15, -0.1) is 0 Å². The van der Waals surface area contributed by atoms with Gasteiger partial charge in [0.1, 0.15) is 12.7 Å². The number of esters is 3. The maximum Gasteiger partial charge on any atom is 0.475 e. The molecule has 1 rings (SSSR count). The molecule has 0 amide bonds. The van der Waals surface area contributed by atoms with E-state index in [0.717, 1.165) is 64.2 Å². The molecule has 10 nitrogen and oxygen atoms in total. The molecule has 1 aliphatic heterocycles. The standard InChI is InChI=1S/C46H87O10P/c1-4-7-10-13-16-17-18-19-20-21-22-25-30-35-44(47)51-40-43(41-54-57(50)52-38-39-53-57)56-46(49)37-32-27-26-31-36-45(48)55-42(33-28-23-14-11-8-5-2)34-29-24-15-12-9-6-3/h42-43H,4-41H2,1-3H3/t43-/m1/s1. The van der Waals surface area contributed by atoms with Crippen molar-refractivity contribution in [3.63, 3.8) is 0 Å². The molecule has 336 valence electrons. The summed E-state index contributed by atoms with van der Waals surface area (Å²) in [6.07, 6.45) is 35.5. The molecule has 1 saturated heterocycles. The Kier molecular flexibility index (Phi) is 36.4. The number of carbonyl (C=O) groups is 3. The first kappa shape index (κ1) is 53.5. The predicted molar refractivity (Wildman–Crippen MR) is 230 cm³/mol. The molecule has 1 atom stereocenters. The Bertz CT molecular complexity index is 982. The number of carbonyl (C=O) groups excluding carboxylic acids is 3. The van der Waals surface area contributed by atoms with Gasteiger partial charge in [-0.05, 0) is 44.9 Å². The Labute approximate surface area is 349 Å². The van der Waals surface area contributed by atoms with Crippen LogP contribution >= 0.6 is 7.82 Å². The number of phosphoric ester groups is 1. The Hall–Kier alpha value is -1.48. The lowest BCUT2D eigenvalue weighted by Gasteiger charge is -2.19. The highest BCUT2D eigenvalue weighted by Gasteiger charge is 2.34. The van der Waals surface area contributed by atoms with Crippen LogP contribution in [0, 0.1) is 0 Å². The highest BCUT2D eigenvalue weighted by atomic mass is 31.2. The van der Waals surface area contributed by atoms with Crippen LogP contribution in [0.25, 0.3) is 0 Å². The van der Waals surface area contributed by atoms with Gasteiger partial charge >= 0.3 is 25.7 Å². The molecular weight excluding hydrogens is 743 g/mol. The lowest BCUT2D eigenvalue weighted by atomic mass is 10.0. The molecule has 0 spiro atoms. The summed E-state index contributed by atoms with van der Waals surface area (Å²) in [6.45, 7) is 6.58. The summed E-state index contributed by atoms with van der Waals surface area (Å²) in [5.41, 5.74) is 0. The number of phosphoric acid groups is 1. The Morgan fingerprint density at radius 3 is 1.18 bits per heavy atom. The molecule has 0 N–H and O–H groups in total. The summed E-state index contributed by atoms with van der Waals surface area (Å²) in [7, 11) is -3.70. The first-order chi connectivity index (χ1) is 27.8. The maximum atomic E-state index is 12.7. The molecule has 0 aliphatic carbocycles. The van der Waals surface area contributed by atoms with E-state index >= 15 is 0 Å². The smallest absolute Gasteiger partial charge is 0.462 e. The molecular formula is C46H87O10P. The minimum atomic E-state index is -3.70. The number of ether oxygens (including phenoxy) is 3. The lowest BCUT2D eigenvalue weighted by molar-refractivity contribution is -0.161. The van der Waals surface area contributed by atoms with E-state index in [-0.39, 0.29) is 50.9 Å². The molecule has 0 aromatic heterocycles. The number of hydrogen-bond acceptors (Lipinski definition) is 10. The van der Waals surface area contributed by atoms with Crippen LogP contribution in [-0.2, 0) is 46.7 Å². The van der Waals surface area contributed by atoms with Gasteiger partial charge in [-0.25, -0.2) is 4.57 Å². The quantitative estimate of drug-likeness (QED) is 0.0254. The van der Waals surface area contributed by atoms with Gasteiger partial charge in [0.15, 0.2) is 6.10 Å². The van der Waals surface area contributed by atoms with E-state index in [4.69, 9.17) is 27.8 Å². The highest BCUT2D eigenvalue weighted by Crippen LogP contribution is 2.52. The molecule has 1 fully saturated rings. The minimum Gasteiger partial charge on any atom is -0.462 e. The number of hydrogen-bond donors (Lipinski definition) is 0. The predicted octanol–water partition coefficient (Wildman–Crippen LogP) is 13.8. The zero-order chi connectivity index (χ0) is 41.5. The van der Waals surface area contributed by atoms with Crippen molar-refractivity contribution in [1.29, 1.82) is 0 Å². The van der Waals surface area contributed by atoms with Crippen LogP contribution in [0.4, 0.5) is 0 Å². The summed E-state index contributed by atoms with van der Waals surface area (Å²) < 4.78 is 45.0. The van der Waals surface area contributed by atoms with Gasteiger partial charge in [0.25, 0.3) is 0 Å². The van der Waals surface area contributed by atoms with E-state index in [1.807, 2.05) is 0 Å². The van der Waals surface area contributed by atoms with Crippen LogP contribution < -0.4 is 0 Å². The fourth-order valence-corrected chi connectivity index (χ4v) is 8.36. The Balaban J connectivity index is 2.32. The summed E-state index contributed by atoms with van der Waals surface area (Å²) in [4.78, 5) is 38.0. The molecule has 0 bridgehead atoms. The van der Waals surface area contributed by atoms with E-state index < -0.39 is 19.9 Å². The molecule has 0 unspecified atom stereocenters. The van der Waals surface area contributed by atoms with Crippen LogP contribution in [0.5, 0.6) is 0 Å². The van der Waals surface area contributed by atoms with Crippen molar-refractivity contribution in [2.75, 3.05) is 26.4 Å². The van der Waals surface area contributed by atoms with Crippen molar-refractivity contribution in [3.05, 3.63) is 0 Å². The molecule has 1 heterocycles.